The lowest BCUT2D eigenvalue weighted by Gasteiger charge is -2.66. The van der Waals surface area contributed by atoms with Crippen LogP contribution in [0.5, 0.6) is 0 Å². The predicted molar refractivity (Wildman–Crippen MR) is 226 cm³/mol. The number of carbonyl (C=O) groups is 3. The fraction of sp³-hybridized carbons (Fsp3) is 0.938. The van der Waals surface area contributed by atoms with Gasteiger partial charge in [-0.3, -0.25) is 14.4 Å². The third-order valence-electron chi connectivity index (χ3n) is 14.0. The van der Waals surface area contributed by atoms with Gasteiger partial charge in [-0.2, -0.15) is 0 Å². The third-order valence-corrected chi connectivity index (χ3v) is 14.0. The van der Waals surface area contributed by atoms with Gasteiger partial charge in [0.2, 0.25) is 0 Å². The molecule has 0 radical (unpaired) electrons. The van der Waals surface area contributed by atoms with Crippen LogP contribution in [-0.4, -0.2) is 62.3 Å². The molecule has 0 aromatic carbocycles. The van der Waals surface area contributed by atoms with Crippen molar-refractivity contribution >= 4 is 17.9 Å². The van der Waals surface area contributed by atoms with E-state index in [9.17, 15) is 14.4 Å². The number of unbranched alkanes of at least 4 members (excludes halogenated alkanes) is 8. The van der Waals surface area contributed by atoms with Crippen LogP contribution < -0.4 is 0 Å². The van der Waals surface area contributed by atoms with E-state index in [-0.39, 0.29) is 34.2 Å². The average Bonchev–Trinajstić information content (AvgIpc) is 3.12. The number of hydrogen-bond acceptors (Lipinski definition) is 7. The Bertz CT molecular complexity index is 1010. The van der Waals surface area contributed by atoms with Crippen LogP contribution in [0.15, 0.2) is 0 Å². The summed E-state index contributed by atoms with van der Waals surface area (Å²) in [5.41, 5.74) is -0.702. The van der Waals surface area contributed by atoms with Crippen molar-refractivity contribution in [2.45, 2.75) is 215 Å². The second-order valence-corrected chi connectivity index (χ2v) is 19.0. The zero-order valence-electron chi connectivity index (χ0n) is 37.0. The molecule has 4 rings (SSSR count). The molecule has 7 heteroatoms. The van der Waals surface area contributed by atoms with Gasteiger partial charge in [-0.05, 0) is 98.5 Å². The number of likely N-dealkylation sites (N-methyl/N-ethyl adjacent to an activating group) is 1. The highest BCUT2D eigenvalue weighted by Gasteiger charge is 2.64. The monoisotopic (exact) mass is 774 g/mol. The fourth-order valence-corrected chi connectivity index (χ4v) is 11.8. The number of rotatable bonds is 33. The zero-order valence-corrected chi connectivity index (χ0v) is 37.0. The largest absolute Gasteiger partial charge is 0.466 e. The summed E-state index contributed by atoms with van der Waals surface area (Å²) < 4.78 is 18.0. The quantitative estimate of drug-likeness (QED) is 0.0373. The van der Waals surface area contributed by atoms with Gasteiger partial charge in [-0.15, -0.1) is 0 Å². The number of ether oxygens (including phenoxy) is 3. The molecule has 2 atom stereocenters. The van der Waals surface area contributed by atoms with Crippen molar-refractivity contribution in [2.75, 3.05) is 39.5 Å². The molecule has 0 saturated heterocycles. The summed E-state index contributed by atoms with van der Waals surface area (Å²) in [6, 6.07) is 0. The Kier molecular flexibility index (Phi) is 22.3. The molecule has 4 saturated carbocycles. The first kappa shape index (κ1) is 47.7. The summed E-state index contributed by atoms with van der Waals surface area (Å²) in [6.45, 7) is 17.3. The molecule has 4 fully saturated rings. The molecule has 2 unspecified atom stereocenters. The standard InChI is InChI=1S/C48H87NO6/c1-7-13-17-21-40(22-18-14-8-2)25-28-53-43(50)34-46-31-42-32-47(37-46,35-44(51)54-29-26-41(23-19-15-9-3)24-20-16-10-4)39-48(33-42,38-46)36-45(52)55-30-27-49(11-5)12-6/h40-42H,7-39H2,1-6H3. The van der Waals surface area contributed by atoms with E-state index in [2.05, 4.69) is 46.4 Å². The van der Waals surface area contributed by atoms with Gasteiger partial charge in [0.05, 0.1) is 32.5 Å². The Hall–Kier alpha value is -1.63. The number of nitrogens with zero attached hydrogens (tertiary/aromatic N) is 1. The Morgan fingerprint density at radius 2 is 0.818 bits per heavy atom. The average molecular weight is 774 g/mol. The van der Waals surface area contributed by atoms with Gasteiger partial charge in [-0.25, -0.2) is 0 Å². The van der Waals surface area contributed by atoms with Crippen LogP contribution in [0.1, 0.15) is 215 Å². The van der Waals surface area contributed by atoms with E-state index >= 15 is 0 Å². The van der Waals surface area contributed by atoms with Crippen LogP contribution in [0.2, 0.25) is 0 Å². The summed E-state index contributed by atoms with van der Waals surface area (Å²) in [4.78, 5) is 43.2. The molecule has 320 valence electrons. The molecular formula is C48H87NO6. The van der Waals surface area contributed by atoms with Crippen molar-refractivity contribution in [3.63, 3.8) is 0 Å². The van der Waals surface area contributed by atoms with Crippen molar-refractivity contribution in [1.82, 2.24) is 4.90 Å². The van der Waals surface area contributed by atoms with E-state index in [4.69, 9.17) is 14.2 Å². The van der Waals surface area contributed by atoms with E-state index in [0.717, 1.165) is 71.0 Å². The Balaban J connectivity index is 1.68. The second-order valence-electron chi connectivity index (χ2n) is 19.0. The lowest BCUT2D eigenvalue weighted by atomic mass is 9.38. The minimum Gasteiger partial charge on any atom is -0.466 e. The molecule has 0 aliphatic heterocycles. The van der Waals surface area contributed by atoms with E-state index < -0.39 is 0 Å². The van der Waals surface area contributed by atoms with Crippen LogP contribution >= 0.6 is 0 Å². The van der Waals surface area contributed by atoms with Crippen molar-refractivity contribution in [3.05, 3.63) is 0 Å². The van der Waals surface area contributed by atoms with Crippen LogP contribution in [0.25, 0.3) is 0 Å². The number of esters is 3. The molecule has 0 aromatic heterocycles. The SMILES string of the molecule is CCCCCC(CCCCC)CCOC(=O)CC12CC3CC(CC(=O)OCCC(CCCCC)CCCCC)(C1)CC(CC(=O)OCCN(CC)CC)(C3)C2. The Morgan fingerprint density at radius 3 is 1.13 bits per heavy atom. The lowest BCUT2D eigenvalue weighted by molar-refractivity contribution is -0.189. The van der Waals surface area contributed by atoms with E-state index in [1.807, 2.05) is 0 Å². The molecule has 4 aliphatic rings. The first-order valence-corrected chi connectivity index (χ1v) is 23.8. The van der Waals surface area contributed by atoms with Gasteiger partial charge in [0.15, 0.2) is 0 Å². The molecule has 0 heterocycles. The number of hydrogen-bond donors (Lipinski definition) is 0. The highest BCUT2D eigenvalue weighted by atomic mass is 16.5. The van der Waals surface area contributed by atoms with Gasteiger partial charge in [0, 0.05) is 6.54 Å². The smallest absolute Gasteiger partial charge is 0.306 e. The first-order chi connectivity index (χ1) is 26.6. The molecule has 0 spiro atoms. The lowest BCUT2D eigenvalue weighted by Crippen LogP contribution is -2.58. The summed E-state index contributed by atoms with van der Waals surface area (Å²) in [6.07, 6.45) is 28.5. The van der Waals surface area contributed by atoms with E-state index in [0.29, 0.717) is 56.8 Å². The maximum Gasteiger partial charge on any atom is 0.306 e. The van der Waals surface area contributed by atoms with Gasteiger partial charge in [0.1, 0.15) is 6.61 Å². The predicted octanol–water partition coefficient (Wildman–Crippen LogP) is 12.4. The summed E-state index contributed by atoms with van der Waals surface area (Å²) in [5.74, 6) is 1.35. The molecule has 0 amide bonds. The topological polar surface area (TPSA) is 82.1 Å². The molecule has 0 aromatic rings. The van der Waals surface area contributed by atoms with Crippen molar-refractivity contribution in [3.8, 4) is 0 Å². The van der Waals surface area contributed by atoms with Gasteiger partial charge >= 0.3 is 17.9 Å². The van der Waals surface area contributed by atoms with Crippen molar-refractivity contribution in [1.29, 1.82) is 0 Å². The molecule has 0 N–H and O–H groups in total. The van der Waals surface area contributed by atoms with Gasteiger partial charge < -0.3 is 19.1 Å². The minimum atomic E-state index is -0.237. The van der Waals surface area contributed by atoms with Crippen molar-refractivity contribution in [2.24, 2.45) is 34.0 Å². The minimum absolute atomic E-state index is 0.0883. The second kappa shape index (κ2) is 25.7. The highest BCUT2D eigenvalue weighted by molar-refractivity contribution is 5.73. The highest BCUT2D eigenvalue weighted by Crippen LogP contribution is 2.72. The molecule has 4 bridgehead atoms. The molecule has 4 aliphatic carbocycles. The van der Waals surface area contributed by atoms with Gasteiger partial charge in [-0.1, -0.05) is 144 Å². The Labute approximate surface area is 338 Å². The Morgan fingerprint density at radius 1 is 0.491 bits per heavy atom. The molecule has 55 heavy (non-hydrogen) atoms. The number of carbonyl (C=O) groups excluding carboxylic acids is 3. The first-order valence-electron chi connectivity index (χ1n) is 23.8. The normalized spacial score (nSPS) is 24.3. The summed E-state index contributed by atoms with van der Waals surface area (Å²) in [5, 5.41) is 0. The molecule has 7 nitrogen and oxygen atoms in total. The van der Waals surface area contributed by atoms with Gasteiger partial charge in [0.25, 0.3) is 0 Å². The summed E-state index contributed by atoms with van der Waals surface area (Å²) >= 11 is 0. The van der Waals surface area contributed by atoms with Crippen LogP contribution in [0.3, 0.4) is 0 Å². The maximum atomic E-state index is 13.7. The van der Waals surface area contributed by atoms with Crippen molar-refractivity contribution < 1.29 is 28.6 Å². The molecular weight excluding hydrogens is 687 g/mol. The maximum absolute atomic E-state index is 13.7. The van der Waals surface area contributed by atoms with E-state index in [1.54, 1.807) is 0 Å². The van der Waals surface area contributed by atoms with Crippen LogP contribution in [-0.2, 0) is 28.6 Å². The zero-order chi connectivity index (χ0) is 40.0. The summed E-state index contributed by atoms with van der Waals surface area (Å²) in [7, 11) is 0. The van der Waals surface area contributed by atoms with Crippen LogP contribution in [0, 0.1) is 34.0 Å². The third kappa shape index (κ3) is 17.0. The van der Waals surface area contributed by atoms with Crippen LogP contribution in [0.4, 0.5) is 0 Å². The fourth-order valence-electron chi connectivity index (χ4n) is 11.8. The van der Waals surface area contributed by atoms with E-state index in [1.165, 1.54) is 103 Å².